The van der Waals surface area contributed by atoms with Crippen molar-refractivity contribution < 1.29 is 4.92 Å². The van der Waals surface area contributed by atoms with E-state index in [-0.39, 0.29) is 10.6 Å². The Labute approximate surface area is 124 Å². The molecule has 5 nitrogen and oxygen atoms in total. The van der Waals surface area contributed by atoms with Crippen LogP contribution in [0.15, 0.2) is 30.5 Å². The van der Waals surface area contributed by atoms with Crippen LogP contribution in [0.4, 0.5) is 11.4 Å². The molecule has 0 unspecified atom stereocenters. The summed E-state index contributed by atoms with van der Waals surface area (Å²) in [6.45, 7) is 6.04. The van der Waals surface area contributed by atoms with Crippen molar-refractivity contribution in [1.29, 1.82) is 0 Å². The Balaban J connectivity index is 2.25. The number of aromatic nitrogens is 1. The summed E-state index contributed by atoms with van der Waals surface area (Å²) in [5, 5.41) is 14.4. The number of nitro groups is 1. The molecule has 1 aromatic carbocycles. The first-order chi connectivity index (χ1) is 10.0. The quantitative estimate of drug-likeness (QED) is 0.670. The summed E-state index contributed by atoms with van der Waals surface area (Å²) in [4.78, 5) is 15.1. The zero-order valence-corrected chi connectivity index (χ0v) is 12.5. The summed E-state index contributed by atoms with van der Waals surface area (Å²) in [7, 11) is 0. The Hall–Kier alpha value is -2.43. The fourth-order valence-corrected chi connectivity index (χ4v) is 2.40. The zero-order chi connectivity index (χ0) is 15.4. The maximum atomic E-state index is 11.1. The number of benzene rings is 1. The smallest absolute Gasteiger partial charge is 0.278 e. The lowest BCUT2D eigenvalue weighted by Crippen LogP contribution is -2.08. The minimum absolute atomic E-state index is 0.158. The molecule has 0 aliphatic heterocycles. The third kappa shape index (κ3) is 3.18. The van der Waals surface area contributed by atoms with Crippen LogP contribution in [0.25, 0.3) is 0 Å². The van der Waals surface area contributed by atoms with Crippen molar-refractivity contribution in [2.45, 2.75) is 33.7 Å². The second-order valence-corrected chi connectivity index (χ2v) is 4.98. The van der Waals surface area contributed by atoms with Gasteiger partial charge in [-0.15, -0.1) is 0 Å². The van der Waals surface area contributed by atoms with Crippen LogP contribution in [0.5, 0.6) is 0 Å². The number of rotatable bonds is 5. The lowest BCUT2D eigenvalue weighted by Gasteiger charge is -2.12. The third-order valence-electron chi connectivity index (χ3n) is 3.60. The molecule has 0 atom stereocenters. The molecule has 1 aromatic heterocycles. The molecule has 0 amide bonds. The zero-order valence-electron chi connectivity index (χ0n) is 12.5. The van der Waals surface area contributed by atoms with Gasteiger partial charge in [0.25, 0.3) is 5.69 Å². The van der Waals surface area contributed by atoms with E-state index in [9.17, 15) is 10.1 Å². The highest BCUT2D eigenvalue weighted by atomic mass is 16.6. The van der Waals surface area contributed by atoms with E-state index in [1.807, 2.05) is 18.2 Å². The van der Waals surface area contributed by atoms with Crippen LogP contribution in [0, 0.1) is 24.0 Å². The Kier molecular flexibility index (Phi) is 4.52. The van der Waals surface area contributed by atoms with E-state index in [1.165, 1.54) is 5.56 Å². The van der Waals surface area contributed by atoms with Gasteiger partial charge in [0, 0.05) is 17.4 Å². The average molecular weight is 285 g/mol. The van der Waals surface area contributed by atoms with E-state index >= 15 is 0 Å². The van der Waals surface area contributed by atoms with Crippen molar-refractivity contribution >= 4 is 11.4 Å². The van der Waals surface area contributed by atoms with Crippen LogP contribution < -0.4 is 5.32 Å². The minimum Gasteiger partial charge on any atom is -0.379 e. The molecule has 2 aromatic rings. The van der Waals surface area contributed by atoms with Gasteiger partial charge in [-0.2, -0.15) is 0 Å². The van der Waals surface area contributed by atoms with Gasteiger partial charge >= 0.3 is 0 Å². The number of hydrogen-bond donors (Lipinski definition) is 1. The lowest BCUT2D eigenvalue weighted by molar-refractivity contribution is -0.386. The van der Waals surface area contributed by atoms with Crippen LogP contribution >= 0.6 is 0 Å². The van der Waals surface area contributed by atoms with Gasteiger partial charge in [0.2, 0.25) is 0 Å². The molecule has 0 fully saturated rings. The fraction of sp³-hybridized carbons (Fsp3) is 0.312. The maximum absolute atomic E-state index is 11.1. The van der Waals surface area contributed by atoms with Crippen molar-refractivity contribution in [2.24, 2.45) is 0 Å². The highest BCUT2D eigenvalue weighted by Crippen LogP contribution is 2.25. The standard InChI is InChI=1S/C16H19N3O2/c1-4-13-7-5-6-8-14(13)18-10-15-12(3)16(19(20)21)11(2)9-17-15/h5-9,18H,4,10H2,1-3H3. The van der Waals surface area contributed by atoms with Crippen molar-refractivity contribution in [1.82, 2.24) is 4.98 Å². The molecule has 0 saturated heterocycles. The molecule has 0 aliphatic carbocycles. The molecule has 5 heteroatoms. The average Bonchev–Trinajstić information content (AvgIpc) is 2.46. The first-order valence-electron chi connectivity index (χ1n) is 6.95. The monoisotopic (exact) mass is 285 g/mol. The van der Waals surface area contributed by atoms with Crippen LogP contribution in [0.3, 0.4) is 0 Å². The summed E-state index contributed by atoms with van der Waals surface area (Å²) in [5.74, 6) is 0. The Morgan fingerprint density at radius 2 is 2.00 bits per heavy atom. The van der Waals surface area contributed by atoms with E-state index in [1.54, 1.807) is 20.0 Å². The predicted octanol–water partition coefficient (Wildman–Crippen LogP) is 3.78. The summed E-state index contributed by atoms with van der Waals surface area (Å²) in [6.07, 6.45) is 2.50. The third-order valence-corrected chi connectivity index (χ3v) is 3.60. The number of aryl methyl sites for hydroxylation is 2. The van der Waals surface area contributed by atoms with Crippen LogP contribution in [-0.2, 0) is 13.0 Å². The molecule has 0 bridgehead atoms. The molecule has 21 heavy (non-hydrogen) atoms. The van der Waals surface area contributed by atoms with E-state index in [0.717, 1.165) is 12.1 Å². The van der Waals surface area contributed by atoms with Crippen LogP contribution in [-0.4, -0.2) is 9.91 Å². The van der Waals surface area contributed by atoms with Gasteiger partial charge in [-0.25, -0.2) is 0 Å². The van der Waals surface area contributed by atoms with Gasteiger partial charge in [0.15, 0.2) is 0 Å². The van der Waals surface area contributed by atoms with Gasteiger partial charge in [0.1, 0.15) is 0 Å². The van der Waals surface area contributed by atoms with Gasteiger partial charge in [-0.05, 0) is 31.9 Å². The number of anilines is 1. The van der Waals surface area contributed by atoms with E-state index in [2.05, 4.69) is 23.3 Å². The number of nitrogens with one attached hydrogen (secondary N) is 1. The Bertz CT molecular complexity index is 669. The minimum atomic E-state index is -0.337. The molecular weight excluding hydrogens is 266 g/mol. The van der Waals surface area contributed by atoms with Gasteiger partial charge in [0.05, 0.1) is 22.7 Å². The molecule has 110 valence electrons. The molecule has 1 N–H and O–H groups in total. The molecule has 0 saturated carbocycles. The summed E-state index contributed by atoms with van der Waals surface area (Å²) < 4.78 is 0. The largest absolute Gasteiger partial charge is 0.379 e. The first-order valence-corrected chi connectivity index (χ1v) is 6.95. The van der Waals surface area contributed by atoms with Gasteiger partial charge in [-0.1, -0.05) is 25.1 Å². The molecule has 0 spiro atoms. The van der Waals surface area contributed by atoms with Gasteiger partial charge in [-0.3, -0.25) is 15.1 Å². The molecular formula is C16H19N3O2. The maximum Gasteiger partial charge on any atom is 0.278 e. The summed E-state index contributed by atoms with van der Waals surface area (Å²) in [6, 6.07) is 8.06. The van der Waals surface area contributed by atoms with Crippen LogP contribution in [0.1, 0.15) is 29.3 Å². The fourth-order valence-electron chi connectivity index (χ4n) is 2.40. The number of pyridine rings is 1. The van der Waals surface area contributed by atoms with E-state index in [4.69, 9.17) is 0 Å². The second-order valence-electron chi connectivity index (χ2n) is 4.98. The molecule has 0 aliphatic rings. The van der Waals surface area contributed by atoms with Crippen molar-refractivity contribution in [2.75, 3.05) is 5.32 Å². The highest BCUT2D eigenvalue weighted by Gasteiger charge is 2.18. The van der Waals surface area contributed by atoms with Crippen LogP contribution in [0.2, 0.25) is 0 Å². The lowest BCUT2D eigenvalue weighted by atomic mass is 10.1. The second kappa shape index (κ2) is 6.35. The van der Waals surface area contributed by atoms with Gasteiger partial charge < -0.3 is 5.32 Å². The summed E-state index contributed by atoms with van der Waals surface area (Å²) >= 11 is 0. The molecule has 2 rings (SSSR count). The van der Waals surface area contributed by atoms with Crippen molar-refractivity contribution in [3.8, 4) is 0 Å². The Morgan fingerprint density at radius 1 is 1.29 bits per heavy atom. The highest BCUT2D eigenvalue weighted by molar-refractivity contribution is 5.53. The van der Waals surface area contributed by atoms with Crippen molar-refractivity contribution in [3.05, 3.63) is 63.0 Å². The normalized spacial score (nSPS) is 10.4. The number of para-hydroxylation sites is 1. The first kappa shape index (κ1) is 15.0. The van der Waals surface area contributed by atoms with E-state index < -0.39 is 0 Å². The van der Waals surface area contributed by atoms with E-state index in [0.29, 0.717) is 23.4 Å². The number of nitrogens with zero attached hydrogens (tertiary/aromatic N) is 2. The van der Waals surface area contributed by atoms with Crippen molar-refractivity contribution in [3.63, 3.8) is 0 Å². The molecule has 1 heterocycles. The number of hydrogen-bond acceptors (Lipinski definition) is 4. The SMILES string of the molecule is CCc1ccccc1NCc1ncc(C)c([N+](=O)[O-])c1C. The topological polar surface area (TPSA) is 68.1 Å². The molecule has 0 radical (unpaired) electrons. The summed E-state index contributed by atoms with van der Waals surface area (Å²) in [5.41, 5.74) is 4.35. The predicted molar refractivity (Wildman–Crippen MR) is 83.5 cm³/mol. The Morgan fingerprint density at radius 3 is 2.67 bits per heavy atom.